The van der Waals surface area contributed by atoms with Crippen molar-refractivity contribution >= 4 is 17.5 Å². The molecule has 1 aliphatic heterocycles. The monoisotopic (exact) mass is 371 g/mol. The van der Waals surface area contributed by atoms with E-state index in [4.69, 9.17) is 4.74 Å². The number of likely N-dealkylation sites (tertiary alicyclic amines) is 1. The van der Waals surface area contributed by atoms with Crippen LogP contribution in [0.3, 0.4) is 0 Å². The number of amides is 1. The molecule has 0 saturated carbocycles. The average Bonchev–Trinajstić information content (AvgIpc) is 2.68. The molecule has 0 N–H and O–H groups in total. The van der Waals surface area contributed by atoms with Gasteiger partial charge < -0.3 is 9.64 Å². The summed E-state index contributed by atoms with van der Waals surface area (Å²) in [6.07, 6.45) is 4.35. The lowest BCUT2D eigenvalue weighted by molar-refractivity contribution is -0.157. The highest BCUT2D eigenvalue weighted by molar-refractivity contribution is 5.93. The molecular weight excluding hydrogens is 346 g/mol. The van der Waals surface area contributed by atoms with Crippen LogP contribution in [0.5, 0.6) is 0 Å². The van der Waals surface area contributed by atoms with Crippen molar-refractivity contribution in [1.82, 2.24) is 14.3 Å². The lowest BCUT2D eigenvalue weighted by Gasteiger charge is -2.39. The molecule has 0 atom stereocenters. The minimum atomic E-state index is -0.588. The Labute approximate surface area is 158 Å². The molecule has 2 aromatic rings. The lowest BCUT2D eigenvalue weighted by Crippen LogP contribution is -2.45. The molecule has 0 radical (unpaired) electrons. The summed E-state index contributed by atoms with van der Waals surface area (Å²) in [7, 11) is 0. The quantitative estimate of drug-likeness (QED) is 0.769. The van der Waals surface area contributed by atoms with Crippen molar-refractivity contribution in [3.8, 4) is 0 Å². The minimum absolute atomic E-state index is 0.0711. The zero-order valence-corrected chi connectivity index (χ0v) is 16.0. The smallest absolute Gasteiger partial charge is 0.311 e. The molecule has 0 spiro atoms. The largest absolute Gasteiger partial charge is 0.466 e. The second kappa shape index (κ2) is 7.50. The Kier molecular flexibility index (Phi) is 5.30. The van der Waals surface area contributed by atoms with Gasteiger partial charge in [-0.25, -0.2) is 4.98 Å². The van der Waals surface area contributed by atoms with Crippen molar-refractivity contribution in [1.29, 1.82) is 0 Å². The third-order valence-electron chi connectivity index (χ3n) is 5.45. The maximum absolute atomic E-state index is 12.8. The number of carbonyl (C=O) groups excluding carboxylic acids is 2. The highest BCUT2D eigenvalue weighted by Crippen LogP contribution is 2.36. The van der Waals surface area contributed by atoms with Crippen LogP contribution < -0.4 is 5.56 Å². The van der Waals surface area contributed by atoms with Crippen molar-refractivity contribution in [2.45, 2.75) is 33.6 Å². The molecule has 7 heteroatoms. The van der Waals surface area contributed by atoms with Crippen LogP contribution in [0, 0.1) is 11.3 Å². The molecule has 0 aliphatic carbocycles. The van der Waals surface area contributed by atoms with E-state index in [0.717, 1.165) is 0 Å². The van der Waals surface area contributed by atoms with Crippen LogP contribution in [-0.2, 0) is 9.53 Å². The number of pyridine rings is 1. The topological polar surface area (TPSA) is 81.0 Å². The zero-order valence-electron chi connectivity index (χ0n) is 16.0. The molecule has 0 aromatic carbocycles. The van der Waals surface area contributed by atoms with Gasteiger partial charge in [-0.3, -0.25) is 18.8 Å². The Hall–Kier alpha value is -2.70. The van der Waals surface area contributed by atoms with E-state index in [2.05, 4.69) is 4.98 Å². The van der Waals surface area contributed by atoms with Gasteiger partial charge in [-0.05, 0) is 51.7 Å². The number of nitrogens with zero attached hydrogens (tertiary/aromatic N) is 3. The van der Waals surface area contributed by atoms with Crippen LogP contribution >= 0.6 is 0 Å². The summed E-state index contributed by atoms with van der Waals surface area (Å²) in [4.78, 5) is 43.5. The van der Waals surface area contributed by atoms with Crippen molar-refractivity contribution in [3.05, 3.63) is 46.5 Å². The predicted molar refractivity (Wildman–Crippen MR) is 101 cm³/mol. The number of carbonyl (C=O) groups is 2. The van der Waals surface area contributed by atoms with E-state index >= 15 is 0 Å². The molecule has 1 fully saturated rings. The van der Waals surface area contributed by atoms with Gasteiger partial charge in [0.15, 0.2) is 0 Å². The molecule has 2 aromatic heterocycles. The first kappa shape index (κ1) is 19.1. The first-order chi connectivity index (χ1) is 12.9. The maximum Gasteiger partial charge on any atom is 0.311 e. The second-order valence-corrected chi connectivity index (χ2v) is 7.41. The molecule has 1 aliphatic rings. The van der Waals surface area contributed by atoms with Crippen molar-refractivity contribution in [2.24, 2.45) is 11.3 Å². The van der Waals surface area contributed by atoms with Crippen LogP contribution in [0.25, 0.3) is 5.65 Å². The van der Waals surface area contributed by atoms with Gasteiger partial charge in [0.05, 0.1) is 12.0 Å². The molecule has 3 heterocycles. The van der Waals surface area contributed by atoms with Crippen LogP contribution in [0.15, 0.2) is 35.4 Å². The van der Waals surface area contributed by atoms with Crippen LogP contribution in [-0.4, -0.2) is 45.9 Å². The highest BCUT2D eigenvalue weighted by atomic mass is 16.5. The maximum atomic E-state index is 12.8. The molecule has 27 heavy (non-hydrogen) atoms. The Balaban J connectivity index is 1.73. The standard InChI is InChI=1S/C20H25N3O4/c1-4-27-19(26)20(2,3)14-8-11-22(12-9-14)17(24)15-13-21-16-7-5-6-10-23(16)18(15)25/h5-7,10,13-14H,4,8-9,11-12H2,1-3H3. The van der Waals surface area contributed by atoms with Crippen LogP contribution in [0.2, 0.25) is 0 Å². The molecular formula is C20H25N3O4. The summed E-state index contributed by atoms with van der Waals surface area (Å²) in [6, 6.07) is 5.24. The molecule has 144 valence electrons. The number of piperidine rings is 1. The number of hydrogen-bond donors (Lipinski definition) is 0. The average molecular weight is 371 g/mol. The third-order valence-corrected chi connectivity index (χ3v) is 5.45. The fourth-order valence-electron chi connectivity index (χ4n) is 3.63. The highest BCUT2D eigenvalue weighted by Gasteiger charge is 2.40. The second-order valence-electron chi connectivity index (χ2n) is 7.41. The van der Waals surface area contributed by atoms with E-state index in [9.17, 15) is 14.4 Å². The van der Waals surface area contributed by atoms with Gasteiger partial charge >= 0.3 is 5.97 Å². The molecule has 1 saturated heterocycles. The van der Waals surface area contributed by atoms with Gasteiger partial charge in [0.1, 0.15) is 11.2 Å². The van der Waals surface area contributed by atoms with E-state index in [1.807, 2.05) is 13.8 Å². The van der Waals surface area contributed by atoms with E-state index in [0.29, 0.717) is 38.2 Å². The minimum Gasteiger partial charge on any atom is -0.466 e. The SMILES string of the molecule is CCOC(=O)C(C)(C)C1CCN(C(=O)c2cnc3ccccn3c2=O)CC1. The van der Waals surface area contributed by atoms with E-state index in [1.165, 1.54) is 10.6 Å². The van der Waals surface area contributed by atoms with Gasteiger partial charge in [-0.1, -0.05) is 6.07 Å². The van der Waals surface area contributed by atoms with Gasteiger partial charge in [0.2, 0.25) is 0 Å². The number of fused-ring (bicyclic) bond motifs is 1. The predicted octanol–water partition coefficient (Wildman–Crippen LogP) is 2.14. The third kappa shape index (κ3) is 3.59. The first-order valence-corrected chi connectivity index (χ1v) is 9.29. The van der Waals surface area contributed by atoms with Crippen LogP contribution in [0.4, 0.5) is 0 Å². The summed E-state index contributed by atoms with van der Waals surface area (Å²) < 4.78 is 6.57. The van der Waals surface area contributed by atoms with Gasteiger partial charge in [0.25, 0.3) is 11.5 Å². The molecule has 7 nitrogen and oxygen atoms in total. The molecule has 0 bridgehead atoms. The Morgan fingerprint density at radius 2 is 1.96 bits per heavy atom. The number of hydrogen-bond acceptors (Lipinski definition) is 5. The summed E-state index contributed by atoms with van der Waals surface area (Å²) in [5, 5.41) is 0. The molecule has 0 unspecified atom stereocenters. The normalized spacial score (nSPS) is 15.7. The van der Waals surface area contributed by atoms with Gasteiger partial charge in [0, 0.05) is 25.5 Å². The number of esters is 1. The van der Waals surface area contributed by atoms with E-state index < -0.39 is 5.41 Å². The van der Waals surface area contributed by atoms with Crippen LogP contribution in [0.1, 0.15) is 44.0 Å². The zero-order chi connectivity index (χ0) is 19.6. The van der Waals surface area contributed by atoms with E-state index in [1.54, 1.807) is 36.2 Å². The first-order valence-electron chi connectivity index (χ1n) is 9.29. The summed E-state index contributed by atoms with van der Waals surface area (Å²) >= 11 is 0. The Bertz CT molecular complexity index is 911. The molecule has 1 amide bonds. The van der Waals surface area contributed by atoms with Crippen molar-refractivity contribution < 1.29 is 14.3 Å². The van der Waals surface area contributed by atoms with E-state index in [-0.39, 0.29) is 28.9 Å². The molecule has 3 rings (SSSR count). The fourth-order valence-corrected chi connectivity index (χ4v) is 3.63. The number of rotatable bonds is 4. The van der Waals surface area contributed by atoms with Gasteiger partial charge in [-0.15, -0.1) is 0 Å². The number of ether oxygens (including phenoxy) is 1. The van der Waals surface area contributed by atoms with Crippen molar-refractivity contribution in [2.75, 3.05) is 19.7 Å². The summed E-state index contributed by atoms with van der Waals surface area (Å²) in [5.74, 6) is -0.374. The Morgan fingerprint density at radius 3 is 2.63 bits per heavy atom. The summed E-state index contributed by atoms with van der Waals surface area (Å²) in [5.41, 5.74) is -0.370. The Morgan fingerprint density at radius 1 is 1.26 bits per heavy atom. The van der Waals surface area contributed by atoms with Crippen molar-refractivity contribution in [3.63, 3.8) is 0 Å². The summed E-state index contributed by atoms with van der Waals surface area (Å²) in [6.45, 7) is 6.95. The lowest BCUT2D eigenvalue weighted by atomic mass is 9.73. The fraction of sp³-hybridized carbons (Fsp3) is 0.500. The van der Waals surface area contributed by atoms with Gasteiger partial charge in [-0.2, -0.15) is 0 Å². The number of aromatic nitrogens is 2.